The van der Waals surface area contributed by atoms with Gasteiger partial charge in [-0.25, -0.2) is 14.8 Å². The summed E-state index contributed by atoms with van der Waals surface area (Å²) in [6.07, 6.45) is 4.46. The number of hydrogen-bond donors (Lipinski definition) is 2. The highest BCUT2D eigenvalue weighted by molar-refractivity contribution is 7.20. The molecule has 0 unspecified atom stereocenters. The molecule has 0 radical (unpaired) electrons. The zero-order chi connectivity index (χ0) is 15.6. The zero-order valence-corrected chi connectivity index (χ0v) is 13.7. The van der Waals surface area contributed by atoms with Gasteiger partial charge in [-0.2, -0.15) is 0 Å². The standard InChI is InChI=1S/C15H21N3O2S/c1-5-15(6-2,7-3)18-12-10-9(4)11(14(19)20)21-13(10)17-8-16-12/h8H,5-7H2,1-4H3,(H,19,20)(H,16,17,18). The Kier molecular flexibility index (Phi) is 4.46. The summed E-state index contributed by atoms with van der Waals surface area (Å²) in [5.41, 5.74) is 0.724. The molecule has 0 spiro atoms. The summed E-state index contributed by atoms with van der Waals surface area (Å²) in [5, 5.41) is 13.6. The number of aryl methyl sites for hydroxylation is 1. The molecule has 0 atom stereocenters. The molecule has 21 heavy (non-hydrogen) atoms. The van der Waals surface area contributed by atoms with Crippen LogP contribution < -0.4 is 5.32 Å². The monoisotopic (exact) mass is 307 g/mol. The minimum Gasteiger partial charge on any atom is -0.477 e. The van der Waals surface area contributed by atoms with E-state index in [0.717, 1.165) is 40.9 Å². The maximum atomic E-state index is 11.3. The number of rotatable bonds is 6. The van der Waals surface area contributed by atoms with Crippen molar-refractivity contribution in [2.45, 2.75) is 52.5 Å². The second kappa shape index (κ2) is 5.97. The van der Waals surface area contributed by atoms with E-state index >= 15 is 0 Å². The highest BCUT2D eigenvalue weighted by Gasteiger charge is 2.26. The minimum absolute atomic E-state index is 0.0148. The minimum atomic E-state index is -0.908. The van der Waals surface area contributed by atoms with Gasteiger partial charge in [0.25, 0.3) is 0 Å². The molecule has 0 fully saturated rings. The first-order chi connectivity index (χ1) is 9.98. The van der Waals surface area contributed by atoms with E-state index in [4.69, 9.17) is 0 Å². The van der Waals surface area contributed by atoms with Crippen molar-refractivity contribution in [1.82, 2.24) is 9.97 Å². The molecule has 2 N–H and O–H groups in total. The third kappa shape index (κ3) is 2.72. The van der Waals surface area contributed by atoms with Gasteiger partial charge in [-0.05, 0) is 31.7 Å². The van der Waals surface area contributed by atoms with Crippen molar-refractivity contribution in [2.24, 2.45) is 0 Å². The van der Waals surface area contributed by atoms with Gasteiger partial charge in [0.1, 0.15) is 21.9 Å². The van der Waals surface area contributed by atoms with Crippen LogP contribution in [0, 0.1) is 6.92 Å². The first-order valence-corrected chi connectivity index (χ1v) is 8.05. The molecule has 0 saturated carbocycles. The number of aromatic carboxylic acids is 1. The number of anilines is 1. The molecule has 0 aromatic carbocycles. The molecule has 0 aliphatic rings. The topological polar surface area (TPSA) is 75.1 Å². The van der Waals surface area contributed by atoms with Gasteiger partial charge >= 0.3 is 5.97 Å². The van der Waals surface area contributed by atoms with Gasteiger partial charge in [-0.3, -0.25) is 0 Å². The normalized spacial score (nSPS) is 11.8. The molecule has 0 aliphatic heterocycles. The Labute approximate surface area is 128 Å². The van der Waals surface area contributed by atoms with E-state index < -0.39 is 5.97 Å². The lowest BCUT2D eigenvalue weighted by Crippen LogP contribution is -2.36. The van der Waals surface area contributed by atoms with Crippen molar-refractivity contribution in [1.29, 1.82) is 0 Å². The second-order valence-corrected chi connectivity index (χ2v) is 6.23. The Hall–Kier alpha value is -1.69. The molecule has 114 valence electrons. The number of nitrogens with zero attached hydrogens (tertiary/aromatic N) is 2. The number of carboxylic acids is 1. The fourth-order valence-electron chi connectivity index (χ4n) is 2.64. The van der Waals surface area contributed by atoms with E-state index in [1.807, 2.05) is 6.92 Å². The summed E-state index contributed by atoms with van der Waals surface area (Å²) < 4.78 is 0. The smallest absolute Gasteiger partial charge is 0.346 e. The summed E-state index contributed by atoms with van der Waals surface area (Å²) >= 11 is 1.20. The summed E-state index contributed by atoms with van der Waals surface area (Å²) in [6.45, 7) is 8.28. The lowest BCUT2D eigenvalue weighted by atomic mass is 9.89. The van der Waals surface area contributed by atoms with Crippen LogP contribution in [0.25, 0.3) is 10.2 Å². The third-order valence-electron chi connectivity index (χ3n) is 4.33. The van der Waals surface area contributed by atoms with Crippen LogP contribution in [0.2, 0.25) is 0 Å². The van der Waals surface area contributed by atoms with Gasteiger partial charge in [-0.1, -0.05) is 20.8 Å². The third-order valence-corrected chi connectivity index (χ3v) is 5.52. The average Bonchev–Trinajstić information content (AvgIpc) is 2.83. The van der Waals surface area contributed by atoms with Crippen molar-refractivity contribution in [2.75, 3.05) is 5.32 Å². The van der Waals surface area contributed by atoms with Gasteiger partial charge < -0.3 is 10.4 Å². The van der Waals surface area contributed by atoms with Gasteiger partial charge in [0, 0.05) is 5.54 Å². The molecule has 2 rings (SSSR count). The Morgan fingerprint density at radius 2 is 1.90 bits per heavy atom. The Bertz CT molecular complexity index is 654. The second-order valence-electron chi connectivity index (χ2n) is 5.23. The lowest BCUT2D eigenvalue weighted by Gasteiger charge is -2.32. The predicted octanol–water partition coefficient (Wildman–Crippen LogP) is 4.08. The molecule has 0 aliphatic carbocycles. The summed E-state index contributed by atoms with van der Waals surface area (Å²) in [4.78, 5) is 20.9. The van der Waals surface area contributed by atoms with Crippen LogP contribution in [0.1, 0.15) is 55.3 Å². The van der Waals surface area contributed by atoms with Crippen molar-refractivity contribution in [3.05, 3.63) is 16.8 Å². The Morgan fingerprint density at radius 1 is 1.29 bits per heavy atom. The van der Waals surface area contributed by atoms with Crippen LogP contribution in [-0.2, 0) is 0 Å². The number of carbonyl (C=O) groups is 1. The molecule has 6 heteroatoms. The lowest BCUT2D eigenvalue weighted by molar-refractivity contribution is 0.0701. The number of nitrogens with one attached hydrogen (secondary N) is 1. The van der Waals surface area contributed by atoms with Gasteiger partial charge in [-0.15, -0.1) is 11.3 Å². The largest absolute Gasteiger partial charge is 0.477 e. The Balaban J connectivity index is 2.57. The van der Waals surface area contributed by atoms with E-state index in [1.54, 1.807) is 0 Å². The number of thiophene rings is 1. The van der Waals surface area contributed by atoms with Crippen LogP contribution in [0.15, 0.2) is 6.33 Å². The zero-order valence-electron chi connectivity index (χ0n) is 12.9. The van der Waals surface area contributed by atoms with Gasteiger partial charge in [0.2, 0.25) is 0 Å². The number of hydrogen-bond acceptors (Lipinski definition) is 5. The highest BCUT2D eigenvalue weighted by atomic mass is 32.1. The quantitative estimate of drug-likeness (QED) is 0.841. The van der Waals surface area contributed by atoms with Crippen molar-refractivity contribution < 1.29 is 9.90 Å². The molecule has 0 saturated heterocycles. The van der Waals surface area contributed by atoms with Crippen LogP contribution in [0.4, 0.5) is 5.82 Å². The van der Waals surface area contributed by atoms with E-state index in [2.05, 4.69) is 36.1 Å². The van der Waals surface area contributed by atoms with E-state index in [9.17, 15) is 9.90 Å². The number of fused-ring (bicyclic) bond motifs is 1. The molecule has 2 heterocycles. The number of carboxylic acid groups (broad SMARTS) is 1. The van der Waals surface area contributed by atoms with E-state index in [-0.39, 0.29) is 5.54 Å². The maximum absolute atomic E-state index is 11.3. The molecule has 2 aromatic heterocycles. The fourth-order valence-corrected chi connectivity index (χ4v) is 3.62. The molecular formula is C15H21N3O2S. The SMILES string of the molecule is CCC(CC)(CC)Nc1ncnc2sc(C(=O)O)c(C)c12. The van der Waals surface area contributed by atoms with Crippen LogP contribution >= 0.6 is 11.3 Å². The first kappa shape index (κ1) is 15.7. The van der Waals surface area contributed by atoms with E-state index in [1.165, 1.54) is 17.7 Å². The molecule has 5 nitrogen and oxygen atoms in total. The number of aromatic nitrogens is 2. The Morgan fingerprint density at radius 3 is 2.43 bits per heavy atom. The van der Waals surface area contributed by atoms with Crippen LogP contribution in [0.3, 0.4) is 0 Å². The molecule has 2 aromatic rings. The van der Waals surface area contributed by atoms with Crippen molar-refractivity contribution in [3.8, 4) is 0 Å². The summed E-state index contributed by atoms with van der Waals surface area (Å²) in [6, 6.07) is 0. The summed E-state index contributed by atoms with van der Waals surface area (Å²) in [7, 11) is 0. The van der Waals surface area contributed by atoms with Crippen molar-refractivity contribution in [3.63, 3.8) is 0 Å². The van der Waals surface area contributed by atoms with Crippen molar-refractivity contribution >= 4 is 33.3 Å². The van der Waals surface area contributed by atoms with Crippen LogP contribution in [-0.4, -0.2) is 26.6 Å². The highest BCUT2D eigenvalue weighted by Crippen LogP contribution is 2.35. The summed E-state index contributed by atoms with van der Waals surface area (Å²) in [5.74, 6) is -0.166. The molecule has 0 bridgehead atoms. The predicted molar refractivity (Wildman–Crippen MR) is 86.3 cm³/mol. The fraction of sp³-hybridized carbons (Fsp3) is 0.533. The first-order valence-electron chi connectivity index (χ1n) is 7.23. The van der Waals surface area contributed by atoms with Gasteiger partial charge in [0.05, 0.1) is 5.39 Å². The maximum Gasteiger partial charge on any atom is 0.346 e. The molecular weight excluding hydrogens is 286 g/mol. The molecule has 0 amide bonds. The van der Waals surface area contributed by atoms with Gasteiger partial charge in [0.15, 0.2) is 0 Å². The van der Waals surface area contributed by atoms with Crippen LogP contribution in [0.5, 0.6) is 0 Å². The van der Waals surface area contributed by atoms with E-state index in [0.29, 0.717) is 4.88 Å². The average molecular weight is 307 g/mol.